The predicted molar refractivity (Wildman–Crippen MR) is 67.7 cm³/mol. The third-order valence-corrected chi connectivity index (χ3v) is 3.12. The van der Waals surface area contributed by atoms with Gasteiger partial charge in [-0.25, -0.2) is 0 Å². The highest BCUT2D eigenvalue weighted by atomic mass is 15.4. The molecular formula is C13H18N4. The van der Waals surface area contributed by atoms with E-state index in [1.165, 1.54) is 22.3 Å². The normalized spacial score (nSPS) is 12.8. The fraction of sp³-hybridized carbons (Fsp3) is 0.385. The van der Waals surface area contributed by atoms with Crippen LogP contribution in [0, 0.1) is 20.8 Å². The molecule has 0 spiro atoms. The molecule has 1 aromatic heterocycles. The van der Waals surface area contributed by atoms with E-state index in [1.54, 1.807) is 10.9 Å². The van der Waals surface area contributed by atoms with Crippen LogP contribution in [-0.2, 0) is 7.05 Å². The molecule has 4 heteroatoms. The number of hydrogen-bond donors (Lipinski definition) is 1. The number of aryl methyl sites for hydroxylation is 4. The Labute approximate surface area is 101 Å². The van der Waals surface area contributed by atoms with E-state index in [-0.39, 0.29) is 6.04 Å². The first-order chi connectivity index (χ1) is 8.00. The van der Waals surface area contributed by atoms with Crippen LogP contribution >= 0.6 is 0 Å². The number of benzene rings is 1. The molecule has 4 nitrogen and oxygen atoms in total. The zero-order valence-corrected chi connectivity index (χ0v) is 10.7. The molecule has 0 amide bonds. The van der Waals surface area contributed by atoms with Gasteiger partial charge >= 0.3 is 0 Å². The summed E-state index contributed by atoms with van der Waals surface area (Å²) < 4.78 is 1.73. The average molecular weight is 230 g/mol. The molecule has 2 aromatic rings. The molecular weight excluding hydrogens is 212 g/mol. The fourth-order valence-corrected chi connectivity index (χ4v) is 2.41. The van der Waals surface area contributed by atoms with Crippen LogP contribution < -0.4 is 5.73 Å². The minimum absolute atomic E-state index is 0.171. The zero-order valence-electron chi connectivity index (χ0n) is 10.7. The molecule has 2 rings (SSSR count). The van der Waals surface area contributed by atoms with Crippen LogP contribution in [0.4, 0.5) is 0 Å². The van der Waals surface area contributed by atoms with E-state index < -0.39 is 0 Å². The van der Waals surface area contributed by atoms with Crippen LogP contribution in [-0.4, -0.2) is 15.0 Å². The molecule has 1 heterocycles. The Hall–Kier alpha value is -1.68. The van der Waals surface area contributed by atoms with E-state index in [0.29, 0.717) is 0 Å². The molecule has 0 bridgehead atoms. The SMILES string of the molecule is Cc1cc(C)c(C(N)c2cnnn2C)c(C)c1. The van der Waals surface area contributed by atoms with Crippen LogP contribution in [0.3, 0.4) is 0 Å². The molecule has 0 saturated heterocycles. The summed E-state index contributed by atoms with van der Waals surface area (Å²) in [7, 11) is 1.86. The van der Waals surface area contributed by atoms with E-state index in [2.05, 4.69) is 43.2 Å². The summed E-state index contributed by atoms with van der Waals surface area (Å²) in [6.45, 7) is 6.29. The van der Waals surface area contributed by atoms with Gasteiger partial charge in [-0.05, 0) is 37.5 Å². The molecule has 0 radical (unpaired) electrons. The van der Waals surface area contributed by atoms with Crippen LogP contribution in [0.25, 0.3) is 0 Å². The number of hydrogen-bond acceptors (Lipinski definition) is 3. The Morgan fingerprint density at radius 2 is 1.76 bits per heavy atom. The summed E-state index contributed by atoms with van der Waals surface area (Å²) >= 11 is 0. The van der Waals surface area contributed by atoms with Crippen molar-refractivity contribution in [3.63, 3.8) is 0 Å². The van der Waals surface area contributed by atoms with Crippen molar-refractivity contribution in [1.82, 2.24) is 15.0 Å². The molecule has 2 N–H and O–H groups in total. The topological polar surface area (TPSA) is 56.7 Å². The van der Waals surface area contributed by atoms with Gasteiger partial charge in [-0.3, -0.25) is 4.68 Å². The third-order valence-electron chi connectivity index (χ3n) is 3.12. The minimum atomic E-state index is -0.171. The second-order valence-corrected chi connectivity index (χ2v) is 4.57. The van der Waals surface area contributed by atoms with Crippen molar-refractivity contribution in [2.24, 2.45) is 12.8 Å². The van der Waals surface area contributed by atoms with Gasteiger partial charge in [-0.1, -0.05) is 22.9 Å². The van der Waals surface area contributed by atoms with Gasteiger partial charge in [0.1, 0.15) is 0 Å². The molecule has 90 valence electrons. The lowest BCUT2D eigenvalue weighted by Crippen LogP contribution is -2.18. The third kappa shape index (κ3) is 2.08. The van der Waals surface area contributed by atoms with E-state index in [1.807, 2.05) is 7.05 Å². The molecule has 0 aliphatic carbocycles. The summed E-state index contributed by atoms with van der Waals surface area (Å²) in [5, 5.41) is 7.80. The Kier molecular flexibility index (Phi) is 2.98. The van der Waals surface area contributed by atoms with Crippen molar-refractivity contribution in [2.45, 2.75) is 26.8 Å². The van der Waals surface area contributed by atoms with Crippen molar-refractivity contribution in [3.05, 3.63) is 46.3 Å². The minimum Gasteiger partial charge on any atom is -0.319 e. The summed E-state index contributed by atoms with van der Waals surface area (Å²) in [6, 6.07) is 4.15. The zero-order chi connectivity index (χ0) is 12.6. The lowest BCUT2D eigenvalue weighted by Gasteiger charge is -2.18. The van der Waals surface area contributed by atoms with Crippen molar-refractivity contribution in [1.29, 1.82) is 0 Å². The Balaban J connectivity index is 2.51. The first-order valence-electron chi connectivity index (χ1n) is 5.68. The molecule has 1 unspecified atom stereocenters. The summed E-state index contributed by atoms with van der Waals surface area (Å²) in [5.74, 6) is 0. The van der Waals surface area contributed by atoms with E-state index >= 15 is 0 Å². The Bertz CT molecular complexity index is 519. The van der Waals surface area contributed by atoms with Crippen molar-refractivity contribution < 1.29 is 0 Å². The van der Waals surface area contributed by atoms with E-state index in [4.69, 9.17) is 5.73 Å². The Morgan fingerprint density at radius 3 is 2.24 bits per heavy atom. The van der Waals surface area contributed by atoms with Crippen molar-refractivity contribution >= 4 is 0 Å². The highest BCUT2D eigenvalue weighted by molar-refractivity contribution is 5.42. The quantitative estimate of drug-likeness (QED) is 0.855. The summed E-state index contributed by atoms with van der Waals surface area (Å²) in [5.41, 5.74) is 12.1. The van der Waals surface area contributed by atoms with Crippen LogP contribution in [0.2, 0.25) is 0 Å². The standard InChI is InChI=1S/C13H18N4/c1-8-5-9(2)12(10(3)6-8)13(14)11-7-15-16-17(11)4/h5-7,13H,14H2,1-4H3. The van der Waals surface area contributed by atoms with Gasteiger partial charge in [0.25, 0.3) is 0 Å². The van der Waals surface area contributed by atoms with E-state index in [0.717, 1.165) is 5.69 Å². The molecule has 0 fully saturated rings. The lowest BCUT2D eigenvalue weighted by molar-refractivity contribution is 0.648. The highest BCUT2D eigenvalue weighted by Gasteiger charge is 2.17. The van der Waals surface area contributed by atoms with Crippen LogP contribution in [0.5, 0.6) is 0 Å². The van der Waals surface area contributed by atoms with Crippen LogP contribution in [0.1, 0.15) is 34.0 Å². The maximum Gasteiger partial charge on any atom is 0.0796 e. The number of nitrogens with two attached hydrogens (primary N) is 1. The van der Waals surface area contributed by atoms with Gasteiger partial charge in [0.15, 0.2) is 0 Å². The second-order valence-electron chi connectivity index (χ2n) is 4.57. The van der Waals surface area contributed by atoms with Gasteiger partial charge in [0.2, 0.25) is 0 Å². The fourth-order valence-electron chi connectivity index (χ4n) is 2.41. The average Bonchev–Trinajstić information content (AvgIpc) is 2.62. The van der Waals surface area contributed by atoms with Gasteiger partial charge in [0, 0.05) is 7.05 Å². The second kappa shape index (κ2) is 4.30. The Morgan fingerprint density at radius 1 is 1.18 bits per heavy atom. The highest BCUT2D eigenvalue weighted by Crippen LogP contribution is 2.26. The van der Waals surface area contributed by atoms with Gasteiger partial charge in [-0.2, -0.15) is 0 Å². The largest absolute Gasteiger partial charge is 0.319 e. The first-order valence-corrected chi connectivity index (χ1v) is 5.68. The maximum atomic E-state index is 6.31. The van der Waals surface area contributed by atoms with Gasteiger partial charge < -0.3 is 5.73 Å². The van der Waals surface area contributed by atoms with Gasteiger partial charge in [0.05, 0.1) is 17.9 Å². The molecule has 0 aliphatic rings. The van der Waals surface area contributed by atoms with Crippen molar-refractivity contribution in [2.75, 3.05) is 0 Å². The lowest BCUT2D eigenvalue weighted by atomic mass is 9.93. The van der Waals surface area contributed by atoms with Gasteiger partial charge in [-0.15, -0.1) is 5.10 Å². The van der Waals surface area contributed by atoms with E-state index in [9.17, 15) is 0 Å². The molecule has 1 atom stereocenters. The summed E-state index contributed by atoms with van der Waals surface area (Å²) in [4.78, 5) is 0. The predicted octanol–water partition coefficient (Wildman–Crippen LogP) is 1.79. The number of aromatic nitrogens is 3. The first kappa shape index (κ1) is 11.8. The number of rotatable bonds is 2. The molecule has 0 saturated carbocycles. The summed E-state index contributed by atoms with van der Waals surface area (Å²) in [6.07, 6.45) is 1.73. The number of nitrogens with zero attached hydrogens (tertiary/aromatic N) is 3. The maximum absolute atomic E-state index is 6.31. The van der Waals surface area contributed by atoms with Crippen LogP contribution in [0.15, 0.2) is 18.3 Å². The molecule has 17 heavy (non-hydrogen) atoms. The molecule has 1 aromatic carbocycles. The van der Waals surface area contributed by atoms with Crippen molar-refractivity contribution in [3.8, 4) is 0 Å². The monoisotopic (exact) mass is 230 g/mol. The smallest absolute Gasteiger partial charge is 0.0796 e. The molecule has 0 aliphatic heterocycles.